The van der Waals surface area contributed by atoms with Gasteiger partial charge in [-0.25, -0.2) is 0 Å². The van der Waals surface area contributed by atoms with Gasteiger partial charge in [-0.15, -0.1) is 0 Å². The third kappa shape index (κ3) is 3.38. The fourth-order valence-corrected chi connectivity index (χ4v) is 2.19. The molecular weight excluding hydrogens is 252 g/mol. The zero-order valence-corrected chi connectivity index (χ0v) is 11.8. The normalized spacial score (nSPS) is 13.8. The molecule has 2 rings (SSSR count). The van der Waals surface area contributed by atoms with Gasteiger partial charge in [-0.2, -0.15) is 0 Å². The maximum absolute atomic E-state index is 10.6. The average Bonchev–Trinajstić information content (AvgIpc) is 2.53. The largest absolute Gasteiger partial charge is 0.497 e. The highest BCUT2D eigenvalue weighted by molar-refractivity contribution is 5.32. The monoisotopic (exact) mass is 272 g/mol. The molecule has 0 amide bonds. The maximum Gasteiger partial charge on any atom is 0.119 e. The predicted molar refractivity (Wildman–Crippen MR) is 78.8 cm³/mol. The minimum atomic E-state index is -0.729. The molecule has 2 aromatic rings. The quantitative estimate of drug-likeness (QED) is 0.874. The lowest BCUT2D eigenvalue weighted by molar-refractivity contribution is -0.0362. The van der Waals surface area contributed by atoms with Gasteiger partial charge in [-0.05, 0) is 30.2 Å². The highest BCUT2D eigenvalue weighted by atomic mass is 16.5. The molecule has 2 unspecified atom stereocenters. The first kappa shape index (κ1) is 14.6. The first-order valence-corrected chi connectivity index (χ1v) is 6.74. The Morgan fingerprint density at radius 1 is 1.00 bits per heavy atom. The Balaban J connectivity index is 2.28. The molecule has 0 fully saturated rings. The lowest BCUT2D eigenvalue weighted by atomic mass is 9.98. The summed E-state index contributed by atoms with van der Waals surface area (Å²) in [5.41, 5.74) is 1.75. The zero-order valence-electron chi connectivity index (χ0n) is 11.8. The van der Waals surface area contributed by atoms with Crippen LogP contribution in [0.2, 0.25) is 0 Å². The van der Waals surface area contributed by atoms with E-state index in [1.165, 1.54) is 0 Å². The maximum atomic E-state index is 10.6. The number of rotatable bonds is 6. The van der Waals surface area contributed by atoms with E-state index in [2.05, 4.69) is 0 Å². The molecule has 0 saturated carbocycles. The van der Waals surface area contributed by atoms with Crippen LogP contribution in [-0.2, 0) is 4.74 Å². The average molecular weight is 272 g/mol. The summed E-state index contributed by atoms with van der Waals surface area (Å²) in [4.78, 5) is 0. The molecule has 0 aliphatic heterocycles. The van der Waals surface area contributed by atoms with E-state index in [0.29, 0.717) is 6.61 Å². The minimum absolute atomic E-state index is 0.381. The summed E-state index contributed by atoms with van der Waals surface area (Å²) in [7, 11) is 1.61. The molecule has 0 heterocycles. The summed E-state index contributed by atoms with van der Waals surface area (Å²) >= 11 is 0. The fraction of sp³-hybridized carbons (Fsp3) is 0.294. The smallest absolute Gasteiger partial charge is 0.119 e. The van der Waals surface area contributed by atoms with E-state index in [0.717, 1.165) is 16.9 Å². The molecule has 0 spiro atoms. The minimum Gasteiger partial charge on any atom is -0.497 e. The number of ether oxygens (including phenoxy) is 2. The van der Waals surface area contributed by atoms with E-state index in [-0.39, 0.29) is 6.10 Å². The standard InChI is InChI=1S/C17H20O3/c1-3-20-17(13-8-5-4-6-9-13)16(18)14-10-7-11-15(12-14)19-2/h4-12,16-18H,3H2,1-2H3. The van der Waals surface area contributed by atoms with Gasteiger partial charge in [-0.3, -0.25) is 0 Å². The molecule has 2 atom stereocenters. The van der Waals surface area contributed by atoms with Crippen molar-refractivity contribution in [2.45, 2.75) is 19.1 Å². The molecular formula is C17H20O3. The van der Waals surface area contributed by atoms with Crippen molar-refractivity contribution in [3.05, 3.63) is 65.7 Å². The van der Waals surface area contributed by atoms with E-state index in [9.17, 15) is 5.11 Å². The lowest BCUT2D eigenvalue weighted by Crippen LogP contribution is -2.14. The predicted octanol–water partition coefficient (Wildman–Crippen LogP) is 3.51. The molecule has 0 radical (unpaired) electrons. The number of benzene rings is 2. The van der Waals surface area contributed by atoms with Crippen molar-refractivity contribution in [3.63, 3.8) is 0 Å². The molecule has 2 aromatic carbocycles. The summed E-state index contributed by atoms with van der Waals surface area (Å²) < 4.78 is 10.9. The van der Waals surface area contributed by atoms with Crippen LogP contribution in [0.25, 0.3) is 0 Å². The van der Waals surface area contributed by atoms with Gasteiger partial charge >= 0.3 is 0 Å². The molecule has 106 valence electrons. The summed E-state index contributed by atoms with van der Waals surface area (Å²) in [6.45, 7) is 2.47. The van der Waals surface area contributed by atoms with Crippen LogP contribution in [0.15, 0.2) is 54.6 Å². The zero-order chi connectivity index (χ0) is 14.4. The van der Waals surface area contributed by atoms with Crippen LogP contribution < -0.4 is 4.74 Å². The first-order chi connectivity index (χ1) is 9.76. The SMILES string of the molecule is CCOC(c1ccccc1)C(O)c1cccc(OC)c1. The van der Waals surface area contributed by atoms with Crippen molar-refractivity contribution in [3.8, 4) is 5.75 Å². The van der Waals surface area contributed by atoms with Crippen LogP contribution in [0, 0.1) is 0 Å². The summed E-state index contributed by atoms with van der Waals surface area (Å²) in [5.74, 6) is 0.727. The molecule has 0 bridgehead atoms. The van der Waals surface area contributed by atoms with Gasteiger partial charge in [0, 0.05) is 6.61 Å². The van der Waals surface area contributed by atoms with Gasteiger partial charge in [0.25, 0.3) is 0 Å². The summed E-state index contributed by atoms with van der Waals surface area (Å²) in [5, 5.41) is 10.6. The van der Waals surface area contributed by atoms with E-state index in [1.807, 2.05) is 61.5 Å². The Morgan fingerprint density at radius 2 is 1.70 bits per heavy atom. The second-order valence-corrected chi connectivity index (χ2v) is 4.51. The van der Waals surface area contributed by atoms with Crippen LogP contribution in [0.5, 0.6) is 5.75 Å². The molecule has 0 aromatic heterocycles. The molecule has 0 aliphatic rings. The van der Waals surface area contributed by atoms with Crippen molar-refractivity contribution in [1.29, 1.82) is 0 Å². The first-order valence-electron chi connectivity index (χ1n) is 6.74. The Kier molecular flexibility index (Phi) is 5.16. The van der Waals surface area contributed by atoms with E-state index in [4.69, 9.17) is 9.47 Å². The second kappa shape index (κ2) is 7.08. The van der Waals surface area contributed by atoms with Gasteiger partial charge in [0.2, 0.25) is 0 Å². The molecule has 0 saturated heterocycles. The Bertz CT molecular complexity index is 525. The van der Waals surface area contributed by atoms with Crippen LogP contribution in [-0.4, -0.2) is 18.8 Å². The van der Waals surface area contributed by atoms with E-state index in [1.54, 1.807) is 7.11 Å². The van der Waals surface area contributed by atoms with Gasteiger partial charge < -0.3 is 14.6 Å². The molecule has 20 heavy (non-hydrogen) atoms. The lowest BCUT2D eigenvalue weighted by Gasteiger charge is -2.24. The van der Waals surface area contributed by atoms with Crippen LogP contribution >= 0.6 is 0 Å². The number of hydrogen-bond acceptors (Lipinski definition) is 3. The van der Waals surface area contributed by atoms with E-state index >= 15 is 0 Å². The molecule has 3 nitrogen and oxygen atoms in total. The van der Waals surface area contributed by atoms with Crippen LogP contribution in [0.3, 0.4) is 0 Å². The highest BCUT2D eigenvalue weighted by Gasteiger charge is 2.23. The van der Waals surface area contributed by atoms with Gasteiger partial charge in [0.15, 0.2) is 0 Å². The van der Waals surface area contributed by atoms with Gasteiger partial charge in [0.05, 0.1) is 7.11 Å². The van der Waals surface area contributed by atoms with E-state index < -0.39 is 6.10 Å². The Morgan fingerprint density at radius 3 is 2.35 bits per heavy atom. The van der Waals surface area contributed by atoms with Crippen molar-refractivity contribution in [1.82, 2.24) is 0 Å². The summed E-state index contributed by atoms with van der Waals surface area (Å²) in [6, 6.07) is 17.2. The molecule has 0 aliphatic carbocycles. The van der Waals surface area contributed by atoms with Crippen LogP contribution in [0.4, 0.5) is 0 Å². The molecule has 3 heteroatoms. The van der Waals surface area contributed by atoms with Gasteiger partial charge in [-0.1, -0.05) is 42.5 Å². The van der Waals surface area contributed by atoms with Crippen molar-refractivity contribution < 1.29 is 14.6 Å². The fourth-order valence-electron chi connectivity index (χ4n) is 2.19. The van der Waals surface area contributed by atoms with Gasteiger partial charge in [0.1, 0.15) is 18.0 Å². The van der Waals surface area contributed by atoms with Crippen molar-refractivity contribution in [2.24, 2.45) is 0 Å². The third-order valence-corrected chi connectivity index (χ3v) is 3.20. The summed E-state index contributed by atoms with van der Waals surface area (Å²) in [6.07, 6.45) is -1.11. The Labute approximate surface area is 119 Å². The highest BCUT2D eigenvalue weighted by Crippen LogP contribution is 2.33. The number of aliphatic hydroxyl groups is 1. The third-order valence-electron chi connectivity index (χ3n) is 3.20. The van der Waals surface area contributed by atoms with Crippen molar-refractivity contribution in [2.75, 3.05) is 13.7 Å². The number of aliphatic hydroxyl groups excluding tert-OH is 1. The number of methoxy groups -OCH3 is 1. The number of hydrogen-bond donors (Lipinski definition) is 1. The topological polar surface area (TPSA) is 38.7 Å². The Hall–Kier alpha value is -1.84. The molecule has 1 N–H and O–H groups in total. The van der Waals surface area contributed by atoms with Crippen LogP contribution in [0.1, 0.15) is 30.3 Å². The van der Waals surface area contributed by atoms with Crippen molar-refractivity contribution >= 4 is 0 Å². The second-order valence-electron chi connectivity index (χ2n) is 4.51.